The SMILES string of the molecule is Cc1cccc(CNCc2ccc(CN3CCCC3)cc2)c1. The van der Waals surface area contributed by atoms with Crippen molar-refractivity contribution in [2.75, 3.05) is 13.1 Å². The van der Waals surface area contributed by atoms with E-state index in [2.05, 4.69) is 65.7 Å². The van der Waals surface area contributed by atoms with Gasteiger partial charge in [-0.1, -0.05) is 54.1 Å². The lowest BCUT2D eigenvalue weighted by Gasteiger charge is -2.14. The third-order valence-corrected chi connectivity index (χ3v) is 4.37. The molecule has 0 spiro atoms. The largest absolute Gasteiger partial charge is 0.309 e. The van der Waals surface area contributed by atoms with E-state index in [0.29, 0.717) is 0 Å². The molecular formula is C20H26N2. The predicted octanol–water partition coefficient (Wildman–Crippen LogP) is 3.88. The van der Waals surface area contributed by atoms with Gasteiger partial charge in [-0.2, -0.15) is 0 Å². The van der Waals surface area contributed by atoms with Gasteiger partial charge in [-0.15, -0.1) is 0 Å². The molecule has 1 aliphatic heterocycles. The number of hydrogen-bond donors (Lipinski definition) is 1. The maximum absolute atomic E-state index is 3.53. The van der Waals surface area contributed by atoms with Crippen LogP contribution in [-0.2, 0) is 19.6 Å². The topological polar surface area (TPSA) is 15.3 Å². The van der Waals surface area contributed by atoms with Gasteiger partial charge in [-0.05, 0) is 49.5 Å². The quantitative estimate of drug-likeness (QED) is 0.870. The maximum Gasteiger partial charge on any atom is 0.0233 e. The van der Waals surface area contributed by atoms with E-state index >= 15 is 0 Å². The Bertz CT molecular complexity index is 583. The minimum absolute atomic E-state index is 0.928. The maximum atomic E-state index is 3.53. The van der Waals surface area contributed by atoms with Crippen molar-refractivity contribution in [3.8, 4) is 0 Å². The second-order valence-corrected chi connectivity index (χ2v) is 6.39. The molecule has 1 N–H and O–H groups in total. The van der Waals surface area contributed by atoms with Crippen LogP contribution in [-0.4, -0.2) is 18.0 Å². The first-order chi connectivity index (χ1) is 10.8. The highest BCUT2D eigenvalue weighted by Crippen LogP contribution is 2.13. The third kappa shape index (κ3) is 4.43. The van der Waals surface area contributed by atoms with Gasteiger partial charge < -0.3 is 5.32 Å². The van der Waals surface area contributed by atoms with Crippen molar-refractivity contribution in [3.05, 3.63) is 70.8 Å². The van der Waals surface area contributed by atoms with Gasteiger partial charge in [0.1, 0.15) is 0 Å². The second kappa shape index (κ2) is 7.57. The summed E-state index contributed by atoms with van der Waals surface area (Å²) < 4.78 is 0. The normalized spacial score (nSPS) is 15.3. The van der Waals surface area contributed by atoms with Crippen molar-refractivity contribution in [1.29, 1.82) is 0 Å². The van der Waals surface area contributed by atoms with Crippen molar-refractivity contribution in [1.82, 2.24) is 10.2 Å². The molecular weight excluding hydrogens is 268 g/mol. The predicted molar refractivity (Wildman–Crippen MR) is 92.7 cm³/mol. The van der Waals surface area contributed by atoms with Crippen LogP contribution in [0.25, 0.3) is 0 Å². The molecule has 0 atom stereocenters. The van der Waals surface area contributed by atoms with E-state index in [0.717, 1.165) is 19.6 Å². The van der Waals surface area contributed by atoms with Gasteiger partial charge in [0.2, 0.25) is 0 Å². The van der Waals surface area contributed by atoms with E-state index in [-0.39, 0.29) is 0 Å². The molecule has 0 amide bonds. The van der Waals surface area contributed by atoms with E-state index in [1.54, 1.807) is 0 Å². The van der Waals surface area contributed by atoms with Crippen LogP contribution in [0.4, 0.5) is 0 Å². The van der Waals surface area contributed by atoms with Crippen molar-refractivity contribution in [2.45, 2.75) is 39.4 Å². The summed E-state index contributed by atoms with van der Waals surface area (Å²) in [7, 11) is 0. The Kier molecular flexibility index (Phi) is 5.25. The Balaban J connectivity index is 1.46. The van der Waals surface area contributed by atoms with E-state index in [1.165, 1.54) is 48.2 Å². The van der Waals surface area contributed by atoms with E-state index < -0.39 is 0 Å². The average Bonchev–Trinajstić information content (AvgIpc) is 3.02. The number of hydrogen-bond acceptors (Lipinski definition) is 2. The standard InChI is InChI=1S/C20H26N2/c1-17-5-4-6-20(13-17)15-21-14-18-7-9-19(10-8-18)16-22-11-2-3-12-22/h4-10,13,21H,2-3,11-12,14-16H2,1H3. The number of likely N-dealkylation sites (tertiary alicyclic amines) is 1. The summed E-state index contributed by atoms with van der Waals surface area (Å²) in [6.07, 6.45) is 2.72. The summed E-state index contributed by atoms with van der Waals surface area (Å²) in [5.74, 6) is 0. The second-order valence-electron chi connectivity index (χ2n) is 6.39. The molecule has 2 heteroatoms. The summed E-state index contributed by atoms with van der Waals surface area (Å²) >= 11 is 0. The highest BCUT2D eigenvalue weighted by atomic mass is 15.1. The molecule has 1 aliphatic rings. The van der Waals surface area contributed by atoms with Crippen LogP contribution < -0.4 is 5.32 Å². The summed E-state index contributed by atoms with van der Waals surface area (Å²) in [5, 5.41) is 3.53. The van der Waals surface area contributed by atoms with Gasteiger partial charge in [0.15, 0.2) is 0 Å². The fourth-order valence-corrected chi connectivity index (χ4v) is 3.13. The molecule has 2 nitrogen and oxygen atoms in total. The Hall–Kier alpha value is -1.64. The first-order valence-corrected chi connectivity index (χ1v) is 8.36. The molecule has 3 rings (SSSR count). The summed E-state index contributed by atoms with van der Waals surface area (Å²) in [6, 6.07) is 17.8. The van der Waals surface area contributed by atoms with Gasteiger partial charge in [0.25, 0.3) is 0 Å². The van der Waals surface area contributed by atoms with E-state index in [4.69, 9.17) is 0 Å². The van der Waals surface area contributed by atoms with Crippen LogP contribution in [0.1, 0.15) is 35.1 Å². The van der Waals surface area contributed by atoms with Crippen LogP contribution in [0.2, 0.25) is 0 Å². The lowest BCUT2D eigenvalue weighted by molar-refractivity contribution is 0.331. The zero-order valence-corrected chi connectivity index (χ0v) is 13.5. The van der Waals surface area contributed by atoms with Crippen LogP contribution in [0.15, 0.2) is 48.5 Å². The van der Waals surface area contributed by atoms with Gasteiger partial charge in [-0.3, -0.25) is 4.90 Å². The smallest absolute Gasteiger partial charge is 0.0233 e. The Morgan fingerprint density at radius 3 is 2.27 bits per heavy atom. The minimum Gasteiger partial charge on any atom is -0.309 e. The molecule has 22 heavy (non-hydrogen) atoms. The molecule has 0 radical (unpaired) electrons. The molecule has 2 aromatic rings. The lowest BCUT2D eigenvalue weighted by atomic mass is 10.1. The van der Waals surface area contributed by atoms with Gasteiger partial charge in [0, 0.05) is 19.6 Å². The molecule has 1 saturated heterocycles. The summed E-state index contributed by atoms with van der Waals surface area (Å²) in [5.41, 5.74) is 5.47. The Labute approximate surface area is 134 Å². The number of benzene rings is 2. The fraction of sp³-hybridized carbons (Fsp3) is 0.400. The molecule has 0 bridgehead atoms. The molecule has 0 aliphatic carbocycles. The highest BCUT2D eigenvalue weighted by Gasteiger charge is 2.11. The highest BCUT2D eigenvalue weighted by molar-refractivity contribution is 5.24. The Morgan fingerprint density at radius 1 is 0.864 bits per heavy atom. The van der Waals surface area contributed by atoms with E-state index in [1.807, 2.05) is 0 Å². The molecule has 116 valence electrons. The number of nitrogens with one attached hydrogen (secondary N) is 1. The zero-order chi connectivity index (χ0) is 15.2. The van der Waals surface area contributed by atoms with Gasteiger partial charge in [0.05, 0.1) is 0 Å². The number of aryl methyl sites for hydroxylation is 1. The first-order valence-electron chi connectivity index (χ1n) is 8.36. The lowest BCUT2D eigenvalue weighted by Crippen LogP contribution is -2.18. The zero-order valence-electron chi connectivity index (χ0n) is 13.5. The molecule has 1 fully saturated rings. The summed E-state index contributed by atoms with van der Waals surface area (Å²) in [6.45, 7) is 7.63. The monoisotopic (exact) mass is 294 g/mol. The third-order valence-electron chi connectivity index (χ3n) is 4.37. The van der Waals surface area contributed by atoms with Crippen LogP contribution in [0.5, 0.6) is 0 Å². The Morgan fingerprint density at radius 2 is 1.55 bits per heavy atom. The van der Waals surface area contributed by atoms with Crippen molar-refractivity contribution >= 4 is 0 Å². The number of nitrogens with zero attached hydrogens (tertiary/aromatic N) is 1. The van der Waals surface area contributed by atoms with Crippen LogP contribution >= 0.6 is 0 Å². The van der Waals surface area contributed by atoms with Crippen molar-refractivity contribution in [3.63, 3.8) is 0 Å². The van der Waals surface area contributed by atoms with Gasteiger partial charge >= 0.3 is 0 Å². The van der Waals surface area contributed by atoms with E-state index in [9.17, 15) is 0 Å². The van der Waals surface area contributed by atoms with Crippen LogP contribution in [0, 0.1) is 6.92 Å². The average molecular weight is 294 g/mol. The molecule has 0 unspecified atom stereocenters. The van der Waals surface area contributed by atoms with Gasteiger partial charge in [-0.25, -0.2) is 0 Å². The molecule has 0 saturated carbocycles. The number of rotatable bonds is 6. The van der Waals surface area contributed by atoms with Crippen molar-refractivity contribution < 1.29 is 0 Å². The van der Waals surface area contributed by atoms with Crippen molar-refractivity contribution in [2.24, 2.45) is 0 Å². The minimum atomic E-state index is 0.928. The molecule has 0 aromatic heterocycles. The summed E-state index contributed by atoms with van der Waals surface area (Å²) in [4.78, 5) is 2.55. The fourth-order valence-electron chi connectivity index (χ4n) is 3.13. The van der Waals surface area contributed by atoms with Crippen LogP contribution in [0.3, 0.4) is 0 Å². The molecule has 1 heterocycles. The first kappa shape index (κ1) is 15.3. The molecule has 2 aromatic carbocycles.